The maximum Gasteiger partial charge on any atom is 0.416 e. The van der Waals surface area contributed by atoms with Crippen LogP contribution in [0.15, 0.2) is 36.0 Å². The van der Waals surface area contributed by atoms with E-state index in [4.69, 9.17) is 0 Å². The molecule has 104 valence electrons. The van der Waals surface area contributed by atoms with E-state index in [9.17, 15) is 18.0 Å². The number of carbonyl (C=O) groups excluding carboxylic acids is 1. The second-order valence-electron chi connectivity index (χ2n) is 3.75. The van der Waals surface area contributed by atoms with Gasteiger partial charge in [0.15, 0.2) is 0 Å². The molecule has 0 aliphatic carbocycles. The summed E-state index contributed by atoms with van der Waals surface area (Å²) in [5, 5.41) is 2.87. The van der Waals surface area contributed by atoms with Crippen LogP contribution in [-0.2, 0) is 15.7 Å². The van der Waals surface area contributed by atoms with Crippen molar-refractivity contribution in [1.29, 1.82) is 0 Å². The number of methoxy groups -OCH3 is 1. The van der Waals surface area contributed by atoms with Crippen molar-refractivity contribution in [3.8, 4) is 0 Å². The van der Waals surface area contributed by atoms with Crippen LogP contribution in [0.1, 0.15) is 18.9 Å². The molecule has 1 aromatic carbocycles. The van der Waals surface area contributed by atoms with Crippen LogP contribution < -0.4 is 5.32 Å². The molecule has 0 fully saturated rings. The topological polar surface area (TPSA) is 38.3 Å². The second-order valence-corrected chi connectivity index (χ2v) is 3.75. The minimum atomic E-state index is -4.35. The monoisotopic (exact) mass is 273 g/mol. The Morgan fingerprint density at radius 3 is 2.32 bits per heavy atom. The van der Waals surface area contributed by atoms with Crippen molar-refractivity contribution < 1.29 is 22.7 Å². The fourth-order valence-corrected chi connectivity index (χ4v) is 1.36. The Bertz CT molecular complexity index is 464. The fourth-order valence-electron chi connectivity index (χ4n) is 1.36. The molecule has 1 rings (SSSR count). The standard InChI is InChI=1S/C13H14F3NO2/c1-3-10(8-12(18)19-2)17-11-6-4-9(5-7-11)13(14,15)16/h4-8,17H,3H2,1-2H3/b10-8+. The SMILES string of the molecule is CC/C(=C\C(=O)OC)Nc1ccc(C(F)(F)F)cc1. The molecule has 0 aromatic heterocycles. The summed E-state index contributed by atoms with van der Waals surface area (Å²) in [5.74, 6) is -0.517. The van der Waals surface area contributed by atoms with E-state index in [0.717, 1.165) is 12.1 Å². The molecule has 0 atom stereocenters. The molecule has 0 heterocycles. The smallest absolute Gasteiger partial charge is 0.416 e. The minimum Gasteiger partial charge on any atom is -0.466 e. The van der Waals surface area contributed by atoms with Gasteiger partial charge in [-0.3, -0.25) is 0 Å². The number of carbonyl (C=O) groups is 1. The first kappa shape index (κ1) is 15.1. The van der Waals surface area contributed by atoms with Crippen LogP contribution in [0.2, 0.25) is 0 Å². The maximum atomic E-state index is 12.4. The molecule has 0 aliphatic rings. The summed E-state index contributed by atoms with van der Waals surface area (Å²) in [6.07, 6.45) is -2.57. The molecular weight excluding hydrogens is 259 g/mol. The number of rotatable bonds is 4. The molecule has 19 heavy (non-hydrogen) atoms. The number of esters is 1. The number of anilines is 1. The van der Waals surface area contributed by atoms with Gasteiger partial charge in [0, 0.05) is 17.5 Å². The molecule has 0 bridgehead atoms. The molecule has 0 radical (unpaired) electrons. The number of hydrogen-bond acceptors (Lipinski definition) is 3. The summed E-state index contributed by atoms with van der Waals surface area (Å²) in [5.41, 5.74) is 0.324. The summed E-state index contributed by atoms with van der Waals surface area (Å²) in [6.45, 7) is 1.81. The van der Waals surface area contributed by atoms with Gasteiger partial charge in [0.05, 0.1) is 12.7 Å². The lowest BCUT2D eigenvalue weighted by molar-refractivity contribution is -0.137. The first-order valence-corrected chi connectivity index (χ1v) is 5.59. The van der Waals surface area contributed by atoms with Gasteiger partial charge in [-0.1, -0.05) is 6.92 Å². The van der Waals surface area contributed by atoms with Crippen LogP contribution in [0.4, 0.5) is 18.9 Å². The Labute approximate surface area is 109 Å². The third-order valence-electron chi connectivity index (χ3n) is 2.39. The average Bonchev–Trinajstić information content (AvgIpc) is 2.37. The summed E-state index contributed by atoms with van der Waals surface area (Å²) < 4.78 is 41.6. The summed E-state index contributed by atoms with van der Waals surface area (Å²) >= 11 is 0. The van der Waals surface area contributed by atoms with E-state index < -0.39 is 17.7 Å². The Hall–Kier alpha value is -1.98. The van der Waals surface area contributed by atoms with Gasteiger partial charge in [-0.2, -0.15) is 13.2 Å². The summed E-state index contributed by atoms with van der Waals surface area (Å²) in [6, 6.07) is 4.58. The number of halogens is 3. The third kappa shape index (κ3) is 4.65. The number of hydrogen-bond donors (Lipinski definition) is 1. The highest BCUT2D eigenvalue weighted by Crippen LogP contribution is 2.30. The van der Waals surface area contributed by atoms with E-state index in [0.29, 0.717) is 17.8 Å². The number of allylic oxidation sites excluding steroid dienone is 1. The number of alkyl halides is 3. The summed E-state index contributed by atoms with van der Waals surface area (Å²) in [7, 11) is 1.25. The van der Waals surface area contributed by atoms with E-state index in [1.165, 1.54) is 25.3 Å². The number of ether oxygens (including phenoxy) is 1. The molecule has 0 saturated carbocycles. The molecule has 0 amide bonds. The van der Waals surface area contributed by atoms with Gasteiger partial charge in [-0.05, 0) is 30.7 Å². The van der Waals surface area contributed by atoms with Gasteiger partial charge >= 0.3 is 12.1 Å². The van der Waals surface area contributed by atoms with E-state index in [2.05, 4.69) is 10.1 Å². The van der Waals surface area contributed by atoms with Gasteiger partial charge in [-0.15, -0.1) is 0 Å². The molecule has 0 saturated heterocycles. The zero-order valence-corrected chi connectivity index (χ0v) is 10.5. The zero-order valence-electron chi connectivity index (χ0n) is 10.5. The van der Waals surface area contributed by atoms with Crippen molar-refractivity contribution in [2.45, 2.75) is 19.5 Å². The molecule has 1 N–H and O–H groups in total. The Kier molecular flexibility index (Phi) is 4.97. The molecule has 3 nitrogen and oxygen atoms in total. The molecule has 1 aromatic rings. The van der Waals surface area contributed by atoms with Gasteiger partial charge in [0.1, 0.15) is 0 Å². The molecule has 0 aliphatic heterocycles. The van der Waals surface area contributed by atoms with Crippen LogP contribution in [0.25, 0.3) is 0 Å². The fraction of sp³-hybridized carbons (Fsp3) is 0.308. The van der Waals surface area contributed by atoms with E-state index in [-0.39, 0.29) is 0 Å². The Balaban J connectivity index is 2.82. The Morgan fingerprint density at radius 2 is 1.89 bits per heavy atom. The quantitative estimate of drug-likeness (QED) is 0.673. The minimum absolute atomic E-state index is 0.477. The lowest BCUT2D eigenvalue weighted by Gasteiger charge is -2.11. The van der Waals surface area contributed by atoms with Crippen molar-refractivity contribution in [3.05, 3.63) is 41.6 Å². The normalized spacial score (nSPS) is 12.2. The lowest BCUT2D eigenvalue weighted by atomic mass is 10.2. The summed E-state index contributed by atoms with van der Waals surface area (Å²) in [4.78, 5) is 11.1. The predicted octanol–water partition coefficient (Wildman–Crippen LogP) is 3.58. The largest absolute Gasteiger partial charge is 0.466 e. The van der Waals surface area contributed by atoms with Crippen LogP contribution >= 0.6 is 0 Å². The zero-order chi connectivity index (χ0) is 14.5. The molecular formula is C13H14F3NO2. The van der Waals surface area contributed by atoms with Crippen LogP contribution in [0, 0.1) is 0 Å². The van der Waals surface area contributed by atoms with E-state index in [1.807, 2.05) is 6.92 Å². The molecule has 6 heteroatoms. The first-order chi connectivity index (χ1) is 8.86. The van der Waals surface area contributed by atoms with E-state index in [1.54, 1.807) is 0 Å². The van der Waals surface area contributed by atoms with Gasteiger partial charge in [0.2, 0.25) is 0 Å². The number of nitrogens with one attached hydrogen (secondary N) is 1. The van der Waals surface area contributed by atoms with Crippen molar-refractivity contribution in [2.24, 2.45) is 0 Å². The molecule has 0 unspecified atom stereocenters. The Morgan fingerprint density at radius 1 is 1.32 bits per heavy atom. The lowest BCUT2D eigenvalue weighted by Crippen LogP contribution is -2.06. The van der Waals surface area contributed by atoms with Gasteiger partial charge in [-0.25, -0.2) is 4.79 Å². The maximum absolute atomic E-state index is 12.4. The molecule has 0 spiro atoms. The average molecular weight is 273 g/mol. The van der Waals surface area contributed by atoms with Crippen molar-refractivity contribution >= 4 is 11.7 Å². The predicted molar refractivity (Wildman–Crippen MR) is 65.5 cm³/mol. The van der Waals surface area contributed by atoms with Crippen LogP contribution in [0.3, 0.4) is 0 Å². The highest BCUT2D eigenvalue weighted by atomic mass is 19.4. The van der Waals surface area contributed by atoms with Crippen LogP contribution in [-0.4, -0.2) is 13.1 Å². The van der Waals surface area contributed by atoms with Gasteiger partial charge < -0.3 is 10.1 Å². The van der Waals surface area contributed by atoms with Crippen LogP contribution in [0.5, 0.6) is 0 Å². The van der Waals surface area contributed by atoms with E-state index >= 15 is 0 Å². The van der Waals surface area contributed by atoms with Crippen molar-refractivity contribution in [3.63, 3.8) is 0 Å². The highest BCUT2D eigenvalue weighted by Gasteiger charge is 2.29. The van der Waals surface area contributed by atoms with Gasteiger partial charge in [0.25, 0.3) is 0 Å². The second kappa shape index (κ2) is 6.26. The third-order valence-corrected chi connectivity index (χ3v) is 2.39. The first-order valence-electron chi connectivity index (χ1n) is 5.59. The van der Waals surface area contributed by atoms with Crippen molar-refractivity contribution in [1.82, 2.24) is 0 Å². The van der Waals surface area contributed by atoms with Crippen molar-refractivity contribution in [2.75, 3.05) is 12.4 Å². The highest BCUT2D eigenvalue weighted by molar-refractivity contribution is 5.83. The number of benzene rings is 1.